The fraction of sp³-hybridized carbons (Fsp3) is 0.458. The average molecular weight is 458 g/mol. The molecule has 1 amide bonds. The summed E-state index contributed by atoms with van der Waals surface area (Å²) in [4.78, 5) is 36.3. The molecular formula is C24H27NO6S. The number of carboxylic acids is 1. The Hall–Kier alpha value is -2.74. The van der Waals surface area contributed by atoms with E-state index in [4.69, 9.17) is 8.83 Å². The third-order valence-corrected chi connectivity index (χ3v) is 6.96. The molecule has 2 N–H and O–H groups in total. The predicted octanol–water partition coefficient (Wildman–Crippen LogP) is 3.90. The fourth-order valence-corrected chi connectivity index (χ4v) is 5.11. The van der Waals surface area contributed by atoms with Crippen LogP contribution in [0, 0.1) is 13.8 Å². The van der Waals surface area contributed by atoms with Gasteiger partial charge >= 0.3 is 11.6 Å². The van der Waals surface area contributed by atoms with Gasteiger partial charge in [-0.05, 0) is 57.4 Å². The third-order valence-electron chi connectivity index (χ3n) is 6.29. The summed E-state index contributed by atoms with van der Waals surface area (Å²) in [5, 5.41) is 13.7. The number of hydrogen-bond acceptors (Lipinski definition) is 6. The van der Waals surface area contributed by atoms with E-state index in [9.17, 15) is 19.5 Å². The number of nitrogens with one attached hydrogen (secondary N) is 1. The number of aliphatic carboxylic acids is 1. The number of thioether (sulfide) groups is 1. The summed E-state index contributed by atoms with van der Waals surface area (Å²) in [7, 11) is 0. The Bertz CT molecular complexity index is 1270. The molecule has 3 aromatic rings. The van der Waals surface area contributed by atoms with Gasteiger partial charge in [-0.3, -0.25) is 4.79 Å². The van der Waals surface area contributed by atoms with Gasteiger partial charge in [0.05, 0.1) is 0 Å². The summed E-state index contributed by atoms with van der Waals surface area (Å²) in [5.74, 6) is -0.166. The van der Waals surface area contributed by atoms with Gasteiger partial charge < -0.3 is 19.3 Å². The Morgan fingerprint density at radius 3 is 2.56 bits per heavy atom. The van der Waals surface area contributed by atoms with Crippen molar-refractivity contribution in [3.05, 3.63) is 44.5 Å². The molecule has 0 saturated heterocycles. The van der Waals surface area contributed by atoms with E-state index < -0.39 is 23.5 Å². The molecule has 0 bridgehead atoms. The number of aryl methyl sites for hydroxylation is 4. The van der Waals surface area contributed by atoms with Crippen LogP contribution in [0.4, 0.5) is 0 Å². The molecule has 7 nitrogen and oxygen atoms in total. The zero-order valence-electron chi connectivity index (χ0n) is 18.5. The number of carbonyl (C=O) groups is 2. The second-order valence-corrected chi connectivity index (χ2v) is 9.28. The standard InChI is InChI=1S/C24H27NO6S/c1-12-14(8-9-20(26)25-18(11-32-3)23(27)28)24(29)31-21-13(2)22-17(10-16(12)21)15-6-4-5-7-19(15)30-22/h10,18H,4-9,11H2,1-3H3,(H,25,26)(H,27,28)/t18-/m0/s1. The first-order chi connectivity index (χ1) is 15.3. The maximum absolute atomic E-state index is 12.8. The van der Waals surface area contributed by atoms with Gasteiger partial charge in [-0.15, -0.1) is 0 Å². The Kier molecular flexibility index (Phi) is 6.33. The highest BCUT2D eigenvalue weighted by atomic mass is 32.2. The number of furan rings is 1. The smallest absolute Gasteiger partial charge is 0.339 e. The van der Waals surface area contributed by atoms with E-state index >= 15 is 0 Å². The van der Waals surface area contributed by atoms with Crippen LogP contribution in [0.5, 0.6) is 0 Å². The normalized spacial score (nSPS) is 14.5. The molecule has 2 aromatic heterocycles. The van der Waals surface area contributed by atoms with Crippen molar-refractivity contribution in [1.29, 1.82) is 0 Å². The number of rotatable bonds is 7. The first kappa shape index (κ1) is 22.5. The minimum Gasteiger partial charge on any atom is -0.480 e. The number of benzene rings is 1. The van der Waals surface area contributed by atoms with Crippen LogP contribution in [0.2, 0.25) is 0 Å². The molecular weight excluding hydrogens is 430 g/mol. The summed E-state index contributed by atoms with van der Waals surface area (Å²) in [5.41, 5.74) is 4.13. The zero-order chi connectivity index (χ0) is 23.0. The van der Waals surface area contributed by atoms with Gasteiger partial charge in [0.15, 0.2) is 0 Å². The lowest BCUT2D eigenvalue weighted by molar-refractivity contribution is -0.141. The monoisotopic (exact) mass is 457 g/mol. The molecule has 0 aliphatic heterocycles. The molecule has 0 saturated carbocycles. The Balaban J connectivity index is 1.67. The van der Waals surface area contributed by atoms with E-state index in [1.54, 1.807) is 6.26 Å². The van der Waals surface area contributed by atoms with Gasteiger partial charge in [0.1, 0.15) is 23.0 Å². The first-order valence-electron chi connectivity index (χ1n) is 10.8. The van der Waals surface area contributed by atoms with E-state index in [1.165, 1.54) is 17.3 Å². The highest BCUT2D eigenvalue weighted by Crippen LogP contribution is 2.37. The van der Waals surface area contributed by atoms with Crippen molar-refractivity contribution in [1.82, 2.24) is 5.32 Å². The van der Waals surface area contributed by atoms with Crippen LogP contribution in [0.3, 0.4) is 0 Å². The van der Waals surface area contributed by atoms with Crippen LogP contribution in [-0.4, -0.2) is 35.0 Å². The quantitative estimate of drug-likeness (QED) is 0.518. The number of amides is 1. The number of fused-ring (bicyclic) bond motifs is 4. The van der Waals surface area contributed by atoms with Crippen LogP contribution in [0.15, 0.2) is 19.7 Å². The second kappa shape index (κ2) is 9.02. The van der Waals surface area contributed by atoms with Gasteiger partial charge in [-0.1, -0.05) is 0 Å². The maximum atomic E-state index is 12.8. The second-order valence-electron chi connectivity index (χ2n) is 8.37. The van der Waals surface area contributed by atoms with E-state index in [0.29, 0.717) is 11.1 Å². The molecule has 0 radical (unpaired) electrons. The molecule has 1 atom stereocenters. The molecule has 2 heterocycles. The van der Waals surface area contributed by atoms with Crippen molar-refractivity contribution < 1.29 is 23.5 Å². The van der Waals surface area contributed by atoms with E-state index in [2.05, 4.69) is 5.32 Å². The number of hydrogen-bond donors (Lipinski definition) is 2. The summed E-state index contributed by atoms with van der Waals surface area (Å²) < 4.78 is 11.8. The molecule has 4 rings (SSSR count). The lowest BCUT2D eigenvalue weighted by atomic mass is 9.93. The Morgan fingerprint density at radius 1 is 1.12 bits per heavy atom. The first-order valence-corrected chi connectivity index (χ1v) is 12.2. The third kappa shape index (κ3) is 4.03. The van der Waals surface area contributed by atoms with Crippen LogP contribution < -0.4 is 10.9 Å². The number of carbonyl (C=O) groups excluding carboxylic acids is 1. The van der Waals surface area contributed by atoms with Gasteiger partial charge in [0.25, 0.3) is 0 Å². The van der Waals surface area contributed by atoms with E-state index in [0.717, 1.165) is 58.9 Å². The highest BCUT2D eigenvalue weighted by molar-refractivity contribution is 7.98. The molecule has 1 aliphatic rings. The Morgan fingerprint density at radius 2 is 1.84 bits per heavy atom. The summed E-state index contributed by atoms with van der Waals surface area (Å²) in [6, 6.07) is 1.10. The fourth-order valence-electron chi connectivity index (χ4n) is 4.55. The lowest BCUT2D eigenvalue weighted by Crippen LogP contribution is -2.42. The molecule has 8 heteroatoms. The van der Waals surface area contributed by atoms with Crippen LogP contribution in [0.1, 0.15) is 47.3 Å². The summed E-state index contributed by atoms with van der Waals surface area (Å²) in [6.45, 7) is 3.78. The van der Waals surface area contributed by atoms with Crippen molar-refractivity contribution in [2.24, 2.45) is 0 Å². The van der Waals surface area contributed by atoms with Gasteiger partial charge in [-0.25, -0.2) is 9.59 Å². The van der Waals surface area contributed by atoms with Crippen molar-refractivity contribution in [2.75, 3.05) is 12.0 Å². The van der Waals surface area contributed by atoms with Gasteiger partial charge in [-0.2, -0.15) is 11.8 Å². The zero-order valence-corrected chi connectivity index (χ0v) is 19.3. The van der Waals surface area contributed by atoms with Gasteiger partial charge in [0.2, 0.25) is 5.91 Å². The van der Waals surface area contributed by atoms with Crippen molar-refractivity contribution in [3.8, 4) is 0 Å². The Labute approximate surface area is 189 Å². The van der Waals surface area contributed by atoms with Crippen molar-refractivity contribution >= 4 is 45.6 Å². The largest absolute Gasteiger partial charge is 0.480 e. The summed E-state index contributed by atoms with van der Waals surface area (Å²) in [6.07, 6.45) is 6.14. The molecule has 32 heavy (non-hydrogen) atoms. The molecule has 1 aromatic carbocycles. The van der Waals surface area contributed by atoms with Crippen molar-refractivity contribution in [2.45, 2.75) is 58.4 Å². The highest BCUT2D eigenvalue weighted by Gasteiger charge is 2.24. The van der Waals surface area contributed by atoms with Gasteiger partial charge in [0, 0.05) is 46.1 Å². The minimum absolute atomic E-state index is 0.0115. The molecule has 170 valence electrons. The SMILES string of the molecule is CSC[C@H](NC(=O)CCc1c(C)c2cc3c4c(oc3c(C)c2oc1=O)CCCC4)C(=O)O. The maximum Gasteiger partial charge on any atom is 0.339 e. The summed E-state index contributed by atoms with van der Waals surface area (Å²) >= 11 is 1.35. The van der Waals surface area contributed by atoms with Crippen LogP contribution in [0.25, 0.3) is 21.9 Å². The number of carboxylic acid groups (broad SMARTS) is 1. The topological polar surface area (TPSA) is 110 Å². The lowest BCUT2D eigenvalue weighted by Gasteiger charge is -2.14. The molecule has 0 unspecified atom stereocenters. The van der Waals surface area contributed by atoms with E-state index in [1.807, 2.05) is 19.9 Å². The molecule has 1 aliphatic carbocycles. The average Bonchev–Trinajstić information content (AvgIpc) is 3.13. The molecule has 0 spiro atoms. The molecule has 0 fully saturated rings. The minimum atomic E-state index is -1.07. The van der Waals surface area contributed by atoms with E-state index in [-0.39, 0.29) is 18.6 Å². The van der Waals surface area contributed by atoms with Crippen LogP contribution >= 0.6 is 11.8 Å². The van der Waals surface area contributed by atoms with Crippen molar-refractivity contribution in [3.63, 3.8) is 0 Å². The van der Waals surface area contributed by atoms with Crippen LogP contribution in [-0.2, 0) is 28.9 Å². The predicted molar refractivity (Wildman–Crippen MR) is 125 cm³/mol.